The molecule has 0 radical (unpaired) electrons. The first-order valence-corrected chi connectivity index (χ1v) is 9.31. The molecule has 4 nitrogen and oxygen atoms in total. The van der Waals surface area contributed by atoms with Gasteiger partial charge >= 0.3 is 0 Å². The molecule has 0 unspecified atom stereocenters. The van der Waals surface area contributed by atoms with Crippen molar-refractivity contribution in [3.05, 3.63) is 71.8 Å². The van der Waals surface area contributed by atoms with Crippen LogP contribution in [0.2, 0.25) is 0 Å². The van der Waals surface area contributed by atoms with Crippen LogP contribution in [-0.2, 0) is 27.1 Å². The minimum Gasteiger partial charge on any atom is -0.311 e. The predicted molar refractivity (Wildman–Crippen MR) is 90.7 cm³/mol. The lowest BCUT2D eigenvalue weighted by Crippen LogP contribution is -2.50. The van der Waals surface area contributed by atoms with E-state index in [0.29, 0.717) is 25.9 Å². The third kappa shape index (κ3) is 4.41. The van der Waals surface area contributed by atoms with Crippen LogP contribution >= 0.6 is 0 Å². The summed E-state index contributed by atoms with van der Waals surface area (Å²) in [5, 5.41) is 2.46. The Morgan fingerprint density at radius 2 is 1.39 bits per heavy atom. The topological polar surface area (TPSA) is 55.4 Å². The lowest BCUT2D eigenvalue weighted by molar-refractivity contribution is 0.147. The third-order valence-corrected chi connectivity index (χ3v) is 5.73. The molecule has 0 spiro atoms. The summed E-state index contributed by atoms with van der Waals surface area (Å²) in [6.07, 6.45) is 0.685. The average molecular weight is 331 g/mol. The molecule has 0 atom stereocenters. The van der Waals surface area contributed by atoms with E-state index in [-0.39, 0.29) is 6.10 Å². The van der Waals surface area contributed by atoms with Gasteiger partial charge in [0, 0.05) is 13.1 Å². The molecule has 1 aliphatic heterocycles. The van der Waals surface area contributed by atoms with Crippen molar-refractivity contribution in [2.45, 2.75) is 24.2 Å². The molecular weight excluding hydrogens is 310 g/mol. The Hall–Kier alpha value is -1.69. The van der Waals surface area contributed by atoms with Crippen LogP contribution in [0.4, 0.5) is 0 Å². The van der Waals surface area contributed by atoms with Gasteiger partial charge in [-0.05, 0) is 24.0 Å². The second kappa shape index (κ2) is 7.25. The van der Waals surface area contributed by atoms with E-state index in [9.17, 15) is 8.42 Å². The van der Waals surface area contributed by atoms with Crippen molar-refractivity contribution >= 4 is 10.1 Å². The van der Waals surface area contributed by atoms with Crippen LogP contribution in [0.15, 0.2) is 60.7 Å². The molecule has 2 aromatic carbocycles. The van der Waals surface area contributed by atoms with E-state index in [1.54, 1.807) is 0 Å². The Kier molecular flexibility index (Phi) is 5.10. The van der Waals surface area contributed by atoms with Crippen LogP contribution < -0.4 is 5.32 Å². The summed E-state index contributed by atoms with van der Waals surface area (Å²) in [6, 6.07) is 19.4. The summed E-state index contributed by atoms with van der Waals surface area (Å²) < 4.78 is 30.8. The Labute approximate surface area is 137 Å². The molecule has 5 heteroatoms. The van der Waals surface area contributed by atoms with E-state index in [4.69, 9.17) is 4.18 Å². The zero-order valence-corrected chi connectivity index (χ0v) is 13.7. The third-order valence-electron chi connectivity index (χ3n) is 4.03. The van der Waals surface area contributed by atoms with Crippen molar-refractivity contribution < 1.29 is 12.6 Å². The zero-order chi connectivity index (χ0) is 16.1. The quantitative estimate of drug-likeness (QED) is 0.790. The monoisotopic (exact) mass is 331 g/mol. The fraction of sp³-hybridized carbons (Fsp3) is 0.333. The molecule has 0 aliphatic carbocycles. The van der Waals surface area contributed by atoms with Crippen molar-refractivity contribution in [1.29, 1.82) is 0 Å². The predicted octanol–water partition coefficient (Wildman–Crippen LogP) is 2.16. The van der Waals surface area contributed by atoms with Gasteiger partial charge in [-0.15, -0.1) is 0 Å². The van der Waals surface area contributed by atoms with E-state index >= 15 is 0 Å². The maximum Gasteiger partial charge on any atom is 0.271 e. The molecule has 1 N–H and O–H groups in total. The molecular formula is C18H21NO3S. The van der Waals surface area contributed by atoms with Crippen molar-refractivity contribution in [2.75, 3.05) is 13.1 Å². The highest BCUT2D eigenvalue weighted by Gasteiger charge is 2.32. The lowest BCUT2D eigenvalue weighted by atomic mass is 10.0. The second-order valence-electron chi connectivity index (χ2n) is 5.87. The number of nitrogens with one attached hydrogen (secondary N) is 1. The first kappa shape index (κ1) is 16.2. The molecule has 23 heavy (non-hydrogen) atoms. The van der Waals surface area contributed by atoms with Gasteiger partial charge in [0.1, 0.15) is 6.10 Å². The second-order valence-corrected chi connectivity index (χ2v) is 7.72. The van der Waals surface area contributed by atoms with Gasteiger partial charge in [0.15, 0.2) is 0 Å². The smallest absolute Gasteiger partial charge is 0.271 e. The van der Waals surface area contributed by atoms with Gasteiger partial charge in [0.05, 0.1) is 5.25 Å². The first-order chi connectivity index (χ1) is 11.1. The van der Waals surface area contributed by atoms with Gasteiger partial charge in [-0.3, -0.25) is 4.18 Å². The molecule has 1 aliphatic rings. The van der Waals surface area contributed by atoms with Crippen LogP contribution in [0.3, 0.4) is 0 Å². The van der Waals surface area contributed by atoms with Crippen LogP contribution in [0, 0.1) is 0 Å². The lowest BCUT2D eigenvalue weighted by Gasteiger charge is -2.28. The van der Waals surface area contributed by atoms with Gasteiger partial charge in [-0.1, -0.05) is 60.7 Å². The maximum atomic E-state index is 12.7. The average Bonchev–Trinajstić information content (AvgIpc) is 2.53. The minimum absolute atomic E-state index is 0.228. The Bertz CT molecular complexity index is 671. The number of rotatable bonds is 7. The van der Waals surface area contributed by atoms with Gasteiger partial charge in [0.2, 0.25) is 0 Å². The number of hydrogen-bond donors (Lipinski definition) is 1. The van der Waals surface area contributed by atoms with Gasteiger partial charge < -0.3 is 5.32 Å². The van der Waals surface area contributed by atoms with E-state index in [1.807, 2.05) is 60.7 Å². The van der Waals surface area contributed by atoms with Crippen LogP contribution in [0.25, 0.3) is 0 Å². The SMILES string of the molecule is O=S(=O)(OC1CNC1)C(Cc1ccccc1)Cc1ccccc1. The van der Waals surface area contributed by atoms with Crippen LogP contribution in [0.5, 0.6) is 0 Å². The van der Waals surface area contributed by atoms with Crippen LogP contribution in [-0.4, -0.2) is 32.9 Å². The van der Waals surface area contributed by atoms with E-state index < -0.39 is 15.4 Å². The molecule has 2 aromatic rings. The summed E-state index contributed by atoms with van der Waals surface area (Å²) in [5.41, 5.74) is 2.01. The molecule has 3 rings (SSSR count). The molecule has 1 fully saturated rings. The highest BCUT2D eigenvalue weighted by molar-refractivity contribution is 7.87. The fourth-order valence-corrected chi connectivity index (χ4v) is 4.09. The van der Waals surface area contributed by atoms with Gasteiger partial charge in [-0.25, -0.2) is 0 Å². The molecule has 122 valence electrons. The number of hydrogen-bond acceptors (Lipinski definition) is 4. The van der Waals surface area contributed by atoms with E-state index in [0.717, 1.165) is 11.1 Å². The maximum absolute atomic E-state index is 12.7. The zero-order valence-electron chi connectivity index (χ0n) is 12.9. The Balaban J connectivity index is 1.79. The highest BCUT2D eigenvalue weighted by atomic mass is 32.2. The van der Waals surface area contributed by atoms with Crippen molar-refractivity contribution in [3.63, 3.8) is 0 Å². The van der Waals surface area contributed by atoms with Crippen molar-refractivity contribution in [1.82, 2.24) is 5.32 Å². The fourth-order valence-electron chi connectivity index (χ4n) is 2.63. The summed E-state index contributed by atoms with van der Waals surface area (Å²) in [4.78, 5) is 0. The van der Waals surface area contributed by atoms with E-state index in [2.05, 4.69) is 5.32 Å². The van der Waals surface area contributed by atoms with E-state index in [1.165, 1.54) is 0 Å². The summed E-state index contributed by atoms with van der Waals surface area (Å²) in [6.45, 7) is 1.20. The molecule has 0 saturated carbocycles. The molecule has 1 heterocycles. The first-order valence-electron chi connectivity index (χ1n) is 7.84. The largest absolute Gasteiger partial charge is 0.311 e. The van der Waals surface area contributed by atoms with Gasteiger partial charge in [-0.2, -0.15) is 8.42 Å². The van der Waals surface area contributed by atoms with Crippen LogP contribution in [0.1, 0.15) is 11.1 Å². The van der Waals surface area contributed by atoms with Gasteiger partial charge in [0.25, 0.3) is 10.1 Å². The Morgan fingerprint density at radius 1 is 0.913 bits per heavy atom. The molecule has 0 aromatic heterocycles. The molecule has 0 amide bonds. The molecule has 1 saturated heterocycles. The number of benzene rings is 2. The van der Waals surface area contributed by atoms with Crippen molar-refractivity contribution in [2.24, 2.45) is 0 Å². The van der Waals surface area contributed by atoms with Crippen molar-refractivity contribution in [3.8, 4) is 0 Å². The minimum atomic E-state index is -3.62. The summed E-state index contributed by atoms with van der Waals surface area (Å²) >= 11 is 0. The Morgan fingerprint density at radius 3 is 1.78 bits per heavy atom. The summed E-state index contributed by atoms with van der Waals surface area (Å²) in [5.74, 6) is 0. The highest BCUT2D eigenvalue weighted by Crippen LogP contribution is 2.19. The molecule has 0 bridgehead atoms. The summed E-state index contributed by atoms with van der Waals surface area (Å²) in [7, 11) is -3.62. The standard InChI is InChI=1S/C18H21NO3S/c20-23(21,22-17-13-19-14-17)18(11-15-7-3-1-4-8-15)12-16-9-5-2-6-10-16/h1-10,17-19H,11-14H2. The normalized spacial score (nSPS) is 15.5.